The van der Waals surface area contributed by atoms with Gasteiger partial charge in [-0.3, -0.25) is 4.79 Å². The molecule has 3 N–H and O–H groups in total. The van der Waals surface area contributed by atoms with E-state index in [9.17, 15) is 23.1 Å². The number of halogens is 3. The fourth-order valence-electron chi connectivity index (χ4n) is 4.72. The number of fused-ring (bicyclic) bond motifs is 1. The highest BCUT2D eigenvalue weighted by molar-refractivity contribution is 5.73. The number of ether oxygens (including phenoxy) is 1. The van der Waals surface area contributed by atoms with Gasteiger partial charge in [-0.2, -0.15) is 13.2 Å². The molecule has 1 aliphatic heterocycles. The highest BCUT2D eigenvalue weighted by Crippen LogP contribution is 2.49. The van der Waals surface area contributed by atoms with Gasteiger partial charge in [0.05, 0.1) is 17.7 Å². The van der Waals surface area contributed by atoms with Crippen molar-refractivity contribution in [1.82, 2.24) is 10.6 Å². The molecule has 8 heteroatoms. The fraction of sp³-hybridized carbons (Fsp3) is 0.480. The summed E-state index contributed by atoms with van der Waals surface area (Å²) in [7, 11) is 0. The van der Waals surface area contributed by atoms with E-state index in [4.69, 9.17) is 4.74 Å². The Bertz CT molecular complexity index is 977. The van der Waals surface area contributed by atoms with Gasteiger partial charge in [0, 0.05) is 31.5 Å². The van der Waals surface area contributed by atoms with Crippen molar-refractivity contribution in [3.05, 3.63) is 65.2 Å². The van der Waals surface area contributed by atoms with E-state index in [1.165, 1.54) is 13.0 Å². The summed E-state index contributed by atoms with van der Waals surface area (Å²) in [4.78, 5) is 11.7. The summed E-state index contributed by atoms with van der Waals surface area (Å²) in [6, 6.07) is 12.2. The SMILES string of the molecule is CC(=O)N[C@@H](Cc1ccccc1)[C@H](O)CN[C@H]1CC2(CCC2)Oc2ccc(C(F)(F)F)cc21. The maximum absolute atomic E-state index is 13.3. The second kappa shape index (κ2) is 9.35. The first-order chi connectivity index (χ1) is 15.7. The first-order valence-electron chi connectivity index (χ1n) is 11.3. The van der Waals surface area contributed by atoms with E-state index in [-0.39, 0.29) is 24.1 Å². The van der Waals surface area contributed by atoms with E-state index in [1.807, 2.05) is 30.3 Å². The quantitative estimate of drug-likeness (QED) is 0.578. The van der Waals surface area contributed by atoms with Crippen LogP contribution >= 0.6 is 0 Å². The predicted molar refractivity (Wildman–Crippen MR) is 118 cm³/mol. The molecule has 33 heavy (non-hydrogen) atoms. The van der Waals surface area contributed by atoms with Crippen LogP contribution in [0.5, 0.6) is 5.75 Å². The van der Waals surface area contributed by atoms with Crippen LogP contribution in [0.4, 0.5) is 13.2 Å². The van der Waals surface area contributed by atoms with Gasteiger partial charge < -0.3 is 20.5 Å². The van der Waals surface area contributed by atoms with E-state index in [1.54, 1.807) is 0 Å². The van der Waals surface area contributed by atoms with Crippen LogP contribution in [0.3, 0.4) is 0 Å². The molecule has 2 aliphatic rings. The zero-order chi connectivity index (χ0) is 23.6. The second-order valence-electron chi connectivity index (χ2n) is 9.12. The summed E-state index contributed by atoms with van der Waals surface area (Å²) >= 11 is 0. The topological polar surface area (TPSA) is 70.6 Å². The number of hydrogen-bond donors (Lipinski definition) is 3. The fourth-order valence-corrected chi connectivity index (χ4v) is 4.72. The molecule has 4 rings (SSSR count). The molecule has 0 saturated heterocycles. The van der Waals surface area contributed by atoms with E-state index < -0.39 is 23.9 Å². The Morgan fingerprint density at radius 2 is 1.94 bits per heavy atom. The molecule has 0 bridgehead atoms. The van der Waals surface area contributed by atoms with E-state index >= 15 is 0 Å². The Hall–Kier alpha value is -2.58. The molecule has 0 aromatic heterocycles. The Labute approximate surface area is 191 Å². The van der Waals surface area contributed by atoms with Crippen molar-refractivity contribution in [3.63, 3.8) is 0 Å². The third-order valence-corrected chi connectivity index (χ3v) is 6.60. The van der Waals surface area contributed by atoms with Crippen LogP contribution in [0.2, 0.25) is 0 Å². The molecule has 3 atom stereocenters. The van der Waals surface area contributed by atoms with Crippen molar-refractivity contribution < 1.29 is 27.8 Å². The highest BCUT2D eigenvalue weighted by atomic mass is 19.4. The average Bonchev–Trinajstić information content (AvgIpc) is 2.75. The first kappa shape index (κ1) is 23.6. The number of aliphatic hydroxyl groups excluding tert-OH is 1. The van der Waals surface area contributed by atoms with Crippen LogP contribution in [0.1, 0.15) is 55.3 Å². The minimum atomic E-state index is -4.45. The number of amides is 1. The lowest BCUT2D eigenvalue weighted by Crippen LogP contribution is -2.52. The number of carbonyl (C=O) groups excluding carboxylic acids is 1. The minimum absolute atomic E-state index is 0.119. The molecule has 1 amide bonds. The molecule has 2 aromatic rings. The van der Waals surface area contributed by atoms with Crippen molar-refractivity contribution in [3.8, 4) is 5.75 Å². The number of alkyl halides is 3. The largest absolute Gasteiger partial charge is 0.487 e. The summed E-state index contributed by atoms with van der Waals surface area (Å²) in [5.74, 6) is 0.207. The zero-order valence-electron chi connectivity index (χ0n) is 18.5. The summed E-state index contributed by atoms with van der Waals surface area (Å²) in [5.41, 5.74) is 0.335. The van der Waals surface area contributed by atoms with E-state index in [0.29, 0.717) is 24.2 Å². The molecule has 1 spiro atoms. The zero-order valence-corrected chi connectivity index (χ0v) is 18.5. The molecule has 0 radical (unpaired) electrons. The molecule has 2 aromatic carbocycles. The number of nitrogens with one attached hydrogen (secondary N) is 2. The molecule has 1 heterocycles. The van der Waals surface area contributed by atoms with Crippen LogP contribution in [0, 0.1) is 0 Å². The molecule has 1 aliphatic carbocycles. The summed E-state index contributed by atoms with van der Waals surface area (Å²) < 4.78 is 46.1. The number of hydrogen-bond acceptors (Lipinski definition) is 4. The Kier molecular flexibility index (Phi) is 6.68. The summed E-state index contributed by atoms with van der Waals surface area (Å²) in [6.45, 7) is 1.51. The lowest BCUT2D eigenvalue weighted by atomic mass is 9.72. The van der Waals surface area contributed by atoms with Crippen molar-refractivity contribution in [2.75, 3.05) is 6.54 Å². The van der Waals surface area contributed by atoms with Gasteiger partial charge in [-0.1, -0.05) is 30.3 Å². The third kappa shape index (κ3) is 5.50. The maximum atomic E-state index is 13.3. The molecule has 1 fully saturated rings. The number of benzene rings is 2. The van der Waals surface area contributed by atoms with E-state index in [0.717, 1.165) is 37.0 Å². The smallest absolute Gasteiger partial charge is 0.416 e. The van der Waals surface area contributed by atoms with Gasteiger partial charge in [-0.05, 0) is 49.4 Å². The Morgan fingerprint density at radius 3 is 2.55 bits per heavy atom. The second-order valence-corrected chi connectivity index (χ2v) is 9.12. The monoisotopic (exact) mass is 462 g/mol. The van der Waals surface area contributed by atoms with Gasteiger partial charge in [0.1, 0.15) is 11.4 Å². The van der Waals surface area contributed by atoms with Crippen LogP contribution in [-0.2, 0) is 17.4 Å². The van der Waals surface area contributed by atoms with Gasteiger partial charge in [0.15, 0.2) is 0 Å². The molecular weight excluding hydrogens is 433 g/mol. The van der Waals surface area contributed by atoms with Gasteiger partial charge in [-0.25, -0.2) is 0 Å². The van der Waals surface area contributed by atoms with Crippen LogP contribution in [-0.4, -0.2) is 35.3 Å². The third-order valence-electron chi connectivity index (χ3n) is 6.60. The summed E-state index contributed by atoms with van der Waals surface area (Å²) in [6.07, 6.45) is -1.66. The van der Waals surface area contributed by atoms with Gasteiger partial charge in [0.25, 0.3) is 0 Å². The molecule has 178 valence electrons. The predicted octanol–water partition coefficient (Wildman–Crippen LogP) is 4.15. The average molecular weight is 463 g/mol. The highest BCUT2D eigenvalue weighted by Gasteiger charge is 2.46. The van der Waals surface area contributed by atoms with Crippen molar-refractivity contribution >= 4 is 5.91 Å². The van der Waals surface area contributed by atoms with Crippen molar-refractivity contribution in [2.24, 2.45) is 0 Å². The molecule has 1 saturated carbocycles. The Balaban J connectivity index is 1.51. The van der Waals surface area contributed by atoms with E-state index in [2.05, 4.69) is 10.6 Å². The minimum Gasteiger partial charge on any atom is -0.487 e. The number of aliphatic hydroxyl groups is 1. The lowest BCUT2D eigenvalue weighted by Gasteiger charge is -2.48. The van der Waals surface area contributed by atoms with Crippen molar-refractivity contribution in [1.29, 1.82) is 0 Å². The number of carbonyl (C=O) groups is 1. The lowest BCUT2D eigenvalue weighted by molar-refractivity contribution is -0.137. The Morgan fingerprint density at radius 1 is 1.21 bits per heavy atom. The number of rotatable bonds is 7. The van der Waals surface area contributed by atoms with Crippen molar-refractivity contribution in [2.45, 2.75) is 69.0 Å². The molecule has 5 nitrogen and oxygen atoms in total. The van der Waals surface area contributed by atoms with Gasteiger partial charge >= 0.3 is 6.18 Å². The maximum Gasteiger partial charge on any atom is 0.416 e. The normalized spacial score (nSPS) is 20.8. The van der Waals surface area contributed by atoms with Crippen LogP contribution < -0.4 is 15.4 Å². The standard InChI is InChI=1S/C25H29F3N2O3/c1-16(31)30-20(12-17-6-3-2-4-7-17)22(32)15-29-21-14-24(10-5-11-24)33-23-9-8-18(13-19(21)23)25(26,27)28/h2-4,6-9,13,20-22,29,32H,5,10-12,14-15H2,1H3,(H,30,31)/t20-,21-,22+/m0/s1. The van der Waals surface area contributed by atoms with Gasteiger partial charge in [-0.15, -0.1) is 0 Å². The summed E-state index contributed by atoms with van der Waals surface area (Å²) in [5, 5.41) is 17.0. The van der Waals surface area contributed by atoms with Crippen LogP contribution in [0.15, 0.2) is 48.5 Å². The first-order valence-corrected chi connectivity index (χ1v) is 11.3. The van der Waals surface area contributed by atoms with Gasteiger partial charge in [0.2, 0.25) is 5.91 Å². The van der Waals surface area contributed by atoms with Crippen LogP contribution in [0.25, 0.3) is 0 Å². The molecular formula is C25H29F3N2O3. The molecule has 0 unspecified atom stereocenters.